The first-order chi connectivity index (χ1) is 17.3. The minimum absolute atomic E-state index is 0.0236. The van der Waals surface area contributed by atoms with E-state index in [2.05, 4.69) is 10.3 Å². The molecule has 0 bridgehead atoms. The van der Waals surface area contributed by atoms with Crippen molar-refractivity contribution in [3.05, 3.63) is 63.5 Å². The molecule has 0 aliphatic carbocycles. The van der Waals surface area contributed by atoms with Crippen LogP contribution in [0.5, 0.6) is 0 Å². The van der Waals surface area contributed by atoms with Crippen LogP contribution >= 0.6 is 23.2 Å². The third-order valence-electron chi connectivity index (χ3n) is 5.66. The standard InChI is InChI=1S/C20H14Cl2F5N3O6S/c21-7-2-1-6(3-8(7)22)37(34,35)20-19(33)17(18(32)10(5-31)36-20)30-4-9(28-29-30)11-12(23)14(25)16(27)15(26)13(11)24/h1-4,10,17-20,31-33H,5H2/t10?,17?,18-,19-,20+/m0/s1. The largest absolute Gasteiger partial charge is 0.394 e. The summed E-state index contributed by atoms with van der Waals surface area (Å²) in [5, 5.41) is 37.8. The molecule has 2 aromatic carbocycles. The maximum Gasteiger partial charge on any atom is 0.207 e. The highest BCUT2D eigenvalue weighted by Gasteiger charge is 2.51. The van der Waals surface area contributed by atoms with Gasteiger partial charge < -0.3 is 20.1 Å². The number of hydrogen-bond acceptors (Lipinski definition) is 8. The van der Waals surface area contributed by atoms with E-state index in [1.165, 1.54) is 0 Å². The summed E-state index contributed by atoms with van der Waals surface area (Å²) in [5.74, 6) is -11.3. The Morgan fingerprint density at radius 1 is 0.946 bits per heavy atom. The van der Waals surface area contributed by atoms with Crippen molar-refractivity contribution in [2.45, 2.75) is 34.7 Å². The van der Waals surface area contributed by atoms with Crippen molar-refractivity contribution in [2.24, 2.45) is 0 Å². The second kappa shape index (κ2) is 10.1. The molecule has 3 N–H and O–H groups in total. The van der Waals surface area contributed by atoms with Gasteiger partial charge in [-0.05, 0) is 18.2 Å². The van der Waals surface area contributed by atoms with E-state index in [9.17, 15) is 45.7 Å². The predicted octanol–water partition coefficient (Wildman–Crippen LogP) is 2.40. The molecule has 37 heavy (non-hydrogen) atoms. The van der Waals surface area contributed by atoms with Crippen LogP contribution in [0.25, 0.3) is 11.3 Å². The quantitative estimate of drug-likeness (QED) is 0.235. The number of ether oxygens (including phenoxy) is 1. The first-order valence-electron chi connectivity index (χ1n) is 10.1. The highest BCUT2D eigenvalue weighted by Crippen LogP contribution is 2.37. The Kier molecular flexibility index (Phi) is 7.51. The summed E-state index contributed by atoms with van der Waals surface area (Å²) in [6.45, 7) is -0.947. The topological polar surface area (TPSA) is 135 Å². The van der Waals surface area contributed by atoms with Crippen molar-refractivity contribution in [3.63, 3.8) is 0 Å². The van der Waals surface area contributed by atoms with Crippen LogP contribution in [0.4, 0.5) is 22.0 Å². The number of aliphatic hydroxyl groups is 3. The second-order valence-corrected chi connectivity index (χ2v) is 10.7. The van der Waals surface area contributed by atoms with Crippen LogP contribution in [-0.2, 0) is 14.6 Å². The molecule has 2 unspecified atom stereocenters. The number of benzene rings is 2. The van der Waals surface area contributed by atoms with E-state index in [-0.39, 0.29) is 10.0 Å². The molecule has 5 atom stereocenters. The molecule has 0 saturated carbocycles. The first kappa shape index (κ1) is 27.6. The van der Waals surface area contributed by atoms with Gasteiger partial charge in [-0.15, -0.1) is 5.10 Å². The van der Waals surface area contributed by atoms with Gasteiger partial charge in [0.15, 0.2) is 28.7 Å². The van der Waals surface area contributed by atoms with Crippen molar-refractivity contribution >= 4 is 33.0 Å². The fourth-order valence-corrected chi connectivity index (χ4v) is 5.78. The number of hydrogen-bond donors (Lipinski definition) is 3. The van der Waals surface area contributed by atoms with Gasteiger partial charge in [-0.2, -0.15) is 0 Å². The Morgan fingerprint density at radius 3 is 2.11 bits per heavy atom. The zero-order chi connectivity index (χ0) is 27.4. The van der Waals surface area contributed by atoms with Crippen molar-refractivity contribution in [2.75, 3.05) is 6.61 Å². The minimum Gasteiger partial charge on any atom is -0.394 e. The van der Waals surface area contributed by atoms with E-state index in [0.717, 1.165) is 18.2 Å². The molecule has 17 heteroatoms. The van der Waals surface area contributed by atoms with E-state index in [4.69, 9.17) is 27.9 Å². The molecule has 1 fully saturated rings. The van der Waals surface area contributed by atoms with Crippen LogP contribution in [0.2, 0.25) is 10.0 Å². The maximum absolute atomic E-state index is 14.2. The molecule has 0 radical (unpaired) electrons. The van der Waals surface area contributed by atoms with E-state index in [1.807, 2.05) is 0 Å². The van der Waals surface area contributed by atoms with E-state index < -0.39 is 91.5 Å². The summed E-state index contributed by atoms with van der Waals surface area (Å²) >= 11 is 11.7. The maximum atomic E-state index is 14.2. The third-order valence-corrected chi connectivity index (χ3v) is 8.31. The van der Waals surface area contributed by atoms with Gasteiger partial charge in [0.1, 0.15) is 30.0 Å². The average molecular weight is 590 g/mol. The summed E-state index contributed by atoms with van der Waals surface area (Å²) < 4.78 is 101. The van der Waals surface area contributed by atoms with Crippen molar-refractivity contribution in [1.29, 1.82) is 0 Å². The minimum atomic E-state index is -4.59. The first-order valence-corrected chi connectivity index (χ1v) is 12.4. The van der Waals surface area contributed by atoms with E-state index >= 15 is 0 Å². The third kappa shape index (κ3) is 4.58. The summed E-state index contributed by atoms with van der Waals surface area (Å²) in [6, 6.07) is 1.41. The molecule has 1 saturated heterocycles. The van der Waals surface area contributed by atoms with Crippen LogP contribution in [0.15, 0.2) is 29.3 Å². The molecule has 0 amide bonds. The fourth-order valence-electron chi connectivity index (χ4n) is 3.79. The normalized spacial score (nSPS) is 24.4. The highest BCUT2D eigenvalue weighted by atomic mass is 35.5. The monoisotopic (exact) mass is 589 g/mol. The molecule has 1 aliphatic heterocycles. The summed E-state index contributed by atoms with van der Waals surface area (Å²) in [4.78, 5) is -0.446. The number of aliphatic hydroxyl groups excluding tert-OH is 3. The molecule has 3 aromatic rings. The van der Waals surface area contributed by atoms with Gasteiger partial charge in [0.2, 0.25) is 15.7 Å². The zero-order valence-corrected chi connectivity index (χ0v) is 20.2. The van der Waals surface area contributed by atoms with Gasteiger partial charge in [0.25, 0.3) is 0 Å². The lowest BCUT2D eigenvalue weighted by molar-refractivity contribution is -0.180. The van der Waals surface area contributed by atoms with Gasteiger partial charge in [-0.25, -0.2) is 35.1 Å². The number of aromatic nitrogens is 3. The Hall–Kier alpha value is -2.40. The Bertz CT molecular complexity index is 1450. The second-order valence-electron chi connectivity index (χ2n) is 7.85. The highest BCUT2D eigenvalue weighted by molar-refractivity contribution is 7.92. The average Bonchev–Trinajstić information content (AvgIpc) is 3.32. The van der Waals surface area contributed by atoms with Crippen LogP contribution in [0, 0.1) is 29.1 Å². The van der Waals surface area contributed by atoms with E-state index in [0.29, 0.717) is 10.9 Å². The molecule has 9 nitrogen and oxygen atoms in total. The number of rotatable bonds is 5. The number of nitrogens with zero attached hydrogens (tertiary/aromatic N) is 3. The molecule has 0 spiro atoms. The zero-order valence-electron chi connectivity index (χ0n) is 17.9. The van der Waals surface area contributed by atoms with E-state index in [1.54, 1.807) is 0 Å². The molecular weight excluding hydrogens is 576 g/mol. The molecule has 200 valence electrons. The Morgan fingerprint density at radius 2 is 1.54 bits per heavy atom. The van der Waals surface area contributed by atoms with Crippen LogP contribution < -0.4 is 0 Å². The fraction of sp³-hybridized carbons (Fsp3) is 0.300. The molecule has 1 aromatic heterocycles. The smallest absolute Gasteiger partial charge is 0.207 e. The van der Waals surface area contributed by atoms with Crippen LogP contribution in [0.1, 0.15) is 6.04 Å². The van der Waals surface area contributed by atoms with Gasteiger partial charge in [-0.3, -0.25) is 0 Å². The van der Waals surface area contributed by atoms with Crippen molar-refractivity contribution in [3.8, 4) is 11.3 Å². The van der Waals surface area contributed by atoms with Gasteiger partial charge >= 0.3 is 0 Å². The van der Waals surface area contributed by atoms with Crippen LogP contribution in [-0.4, -0.2) is 69.1 Å². The molecule has 4 rings (SSSR count). The lowest BCUT2D eigenvalue weighted by Gasteiger charge is -2.41. The summed E-state index contributed by atoms with van der Waals surface area (Å²) in [5.41, 5.74) is -4.47. The van der Waals surface area contributed by atoms with Crippen molar-refractivity contribution < 1.29 is 50.4 Å². The summed E-state index contributed by atoms with van der Waals surface area (Å²) in [7, 11) is -4.59. The predicted molar refractivity (Wildman–Crippen MR) is 116 cm³/mol. The lowest BCUT2D eigenvalue weighted by atomic mass is 9.97. The SMILES string of the molecule is O=S(=O)(c1ccc(Cl)c(Cl)c1)[C@H]1OC(CO)[C@H](O)C(n2cc(-c3c(F)c(F)c(F)c(F)c3F)nn2)[C@@H]1O. The van der Waals surface area contributed by atoms with Gasteiger partial charge in [0, 0.05) is 0 Å². The van der Waals surface area contributed by atoms with Gasteiger partial charge in [0.05, 0.1) is 33.3 Å². The molecule has 2 heterocycles. The van der Waals surface area contributed by atoms with Gasteiger partial charge in [-0.1, -0.05) is 28.4 Å². The Labute approximate surface area is 214 Å². The number of sulfone groups is 1. The van der Waals surface area contributed by atoms with Crippen LogP contribution in [0.3, 0.4) is 0 Å². The lowest BCUT2D eigenvalue weighted by Crippen LogP contribution is -2.58. The van der Waals surface area contributed by atoms with Crippen molar-refractivity contribution in [1.82, 2.24) is 15.0 Å². The number of halogens is 7. The summed E-state index contributed by atoms with van der Waals surface area (Å²) in [6.07, 6.45) is -5.02. The molecular formula is C20H14Cl2F5N3O6S. The molecule has 1 aliphatic rings. The Balaban J connectivity index is 1.78.